The predicted octanol–water partition coefficient (Wildman–Crippen LogP) is 2.19. The Morgan fingerprint density at radius 1 is 1.25 bits per heavy atom. The molecule has 1 fully saturated rings. The first-order valence-corrected chi connectivity index (χ1v) is 11.9. The third-order valence-electron chi connectivity index (χ3n) is 6.58. The lowest BCUT2D eigenvalue weighted by Gasteiger charge is -2.31. The molecular weight excluding hydrogens is 467 g/mol. The van der Waals surface area contributed by atoms with Gasteiger partial charge in [-0.1, -0.05) is 0 Å². The van der Waals surface area contributed by atoms with E-state index in [0.29, 0.717) is 54.5 Å². The normalized spacial score (nSPS) is 17.0. The molecule has 2 aliphatic rings. The number of amides is 2. The molecule has 0 saturated carbocycles. The van der Waals surface area contributed by atoms with E-state index in [1.54, 1.807) is 18.3 Å². The third kappa shape index (κ3) is 4.51. The average Bonchev–Trinajstić information content (AvgIpc) is 3.39. The van der Waals surface area contributed by atoms with Crippen molar-refractivity contribution in [2.45, 2.75) is 39.1 Å². The minimum Gasteiger partial charge on any atom is -0.387 e. The zero-order valence-corrected chi connectivity index (χ0v) is 20.5. The highest BCUT2D eigenvalue weighted by Gasteiger charge is 2.35. The van der Waals surface area contributed by atoms with Gasteiger partial charge in [0, 0.05) is 25.2 Å². The number of imidazole rings is 1. The number of nitrogens with one attached hydrogen (secondary N) is 1. The quantitative estimate of drug-likeness (QED) is 0.538. The minimum atomic E-state index is -1.60. The summed E-state index contributed by atoms with van der Waals surface area (Å²) in [6.45, 7) is 6.87. The number of fused-ring (bicyclic) bond motifs is 2. The van der Waals surface area contributed by atoms with Crippen LogP contribution in [-0.4, -0.2) is 81.0 Å². The summed E-state index contributed by atoms with van der Waals surface area (Å²) in [6.07, 6.45) is 1.54. The van der Waals surface area contributed by atoms with Gasteiger partial charge in [-0.3, -0.25) is 9.59 Å². The van der Waals surface area contributed by atoms with Crippen molar-refractivity contribution in [2.75, 3.05) is 43.1 Å². The average molecular weight is 497 g/mol. The maximum absolute atomic E-state index is 14.6. The molecule has 2 amide bonds. The van der Waals surface area contributed by atoms with Crippen molar-refractivity contribution in [3.63, 3.8) is 0 Å². The first-order chi connectivity index (χ1) is 17.1. The van der Waals surface area contributed by atoms with E-state index in [0.717, 1.165) is 5.56 Å². The number of carbonyl (C=O) groups is 2. The molecule has 5 rings (SSSR count). The first kappa shape index (κ1) is 24.1. The van der Waals surface area contributed by atoms with Crippen LogP contribution >= 0.6 is 0 Å². The van der Waals surface area contributed by atoms with E-state index in [1.807, 2.05) is 13.0 Å². The zero-order chi connectivity index (χ0) is 25.6. The van der Waals surface area contributed by atoms with Gasteiger partial charge in [0.05, 0.1) is 49.1 Å². The number of ether oxygens (including phenoxy) is 1. The van der Waals surface area contributed by atoms with Gasteiger partial charge in [0.1, 0.15) is 6.17 Å². The fraction of sp³-hybridized carbons (Fsp3) is 0.440. The summed E-state index contributed by atoms with van der Waals surface area (Å²) in [5, 5.41) is 17.3. The van der Waals surface area contributed by atoms with Gasteiger partial charge in [0.2, 0.25) is 0 Å². The summed E-state index contributed by atoms with van der Waals surface area (Å²) >= 11 is 0. The Morgan fingerprint density at radius 2 is 2.00 bits per heavy atom. The SMILES string of the molecule is Cc1cnn2c(C(=O)Nc3cc4c(cc3N3CCOCC3)C(=O)N(C[C@@H](F)C(C)(C)O)C4)cnc2c1. The zero-order valence-electron chi connectivity index (χ0n) is 20.5. The van der Waals surface area contributed by atoms with Crippen LogP contribution in [0.4, 0.5) is 15.8 Å². The van der Waals surface area contributed by atoms with Crippen LogP contribution in [0.15, 0.2) is 30.6 Å². The van der Waals surface area contributed by atoms with E-state index >= 15 is 0 Å². The number of aliphatic hydroxyl groups is 1. The Kier molecular flexibility index (Phi) is 6.13. The molecule has 10 nitrogen and oxygen atoms in total. The number of carbonyl (C=O) groups excluding carboxylic acids is 2. The monoisotopic (exact) mass is 496 g/mol. The highest BCUT2D eigenvalue weighted by atomic mass is 19.1. The molecule has 0 radical (unpaired) electrons. The molecule has 2 aromatic heterocycles. The Morgan fingerprint density at radius 3 is 2.72 bits per heavy atom. The second kappa shape index (κ2) is 9.14. The molecule has 0 unspecified atom stereocenters. The standard InChI is InChI=1S/C25H29FN6O4/c1-15-8-22-27-12-20(32(22)28-11-15)23(33)29-18-9-16-13-31(14-21(26)25(2,3)35)24(34)17(16)10-19(18)30-4-6-36-7-5-30/h8-12,21,35H,4-7,13-14H2,1-3H3,(H,29,33)/t21-/m1/s1. The van der Waals surface area contributed by atoms with E-state index in [2.05, 4.69) is 20.3 Å². The Hall–Kier alpha value is -3.57. The summed E-state index contributed by atoms with van der Waals surface area (Å²) < 4.78 is 21.5. The largest absolute Gasteiger partial charge is 0.387 e. The fourth-order valence-electron chi connectivity index (χ4n) is 4.45. The second-order valence-corrected chi connectivity index (χ2v) is 9.83. The van der Waals surface area contributed by atoms with Crippen LogP contribution in [0, 0.1) is 6.92 Å². The van der Waals surface area contributed by atoms with Crippen molar-refractivity contribution in [3.8, 4) is 0 Å². The van der Waals surface area contributed by atoms with Gasteiger partial charge in [-0.2, -0.15) is 5.10 Å². The molecule has 3 aromatic rings. The van der Waals surface area contributed by atoms with Crippen molar-refractivity contribution in [3.05, 3.63) is 53.0 Å². The lowest BCUT2D eigenvalue weighted by atomic mass is 10.0. The van der Waals surface area contributed by atoms with Gasteiger partial charge in [-0.05, 0) is 50.1 Å². The molecule has 190 valence electrons. The maximum Gasteiger partial charge on any atom is 0.276 e. The topological polar surface area (TPSA) is 112 Å². The molecule has 1 saturated heterocycles. The maximum atomic E-state index is 14.6. The molecule has 0 spiro atoms. The Balaban J connectivity index is 1.47. The van der Waals surface area contributed by atoms with Crippen molar-refractivity contribution >= 4 is 28.8 Å². The molecule has 36 heavy (non-hydrogen) atoms. The summed E-state index contributed by atoms with van der Waals surface area (Å²) in [4.78, 5) is 34.1. The van der Waals surface area contributed by atoms with Gasteiger partial charge in [0.15, 0.2) is 11.3 Å². The number of halogens is 1. The molecule has 1 atom stereocenters. The van der Waals surface area contributed by atoms with E-state index in [-0.39, 0.29) is 30.6 Å². The smallest absolute Gasteiger partial charge is 0.276 e. The van der Waals surface area contributed by atoms with Crippen LogP contribution in [0.1, 0.15) is 45.8 Å². The minimum absolute atomic E-state index is 0.188. The molecule has 1 aromatic carbocycles. The summed E-state index contributed by atoms with van der Waals surface area (Å²) in [5.74, 6) is -0.689. The highest BCUT2D eigenvalue weighted by molar-refractivity contribution is 6.07. The third-order valence-corrected chi connectivity index (χ3v) is 6.58. The molecule has 11 heteroatoms. The van der Waals surface area contributed by atoms with Crippen molar-refractivity contribution in [1.82, 2.24) is 19.5 Å². The number of aryl methyl sites for hydroxylation is 1. The molecular formula is C25H29FN6O4. The molecule has 0 aliphatic carbocycles. The van der Waals surface area contributed by atoms with Crippen molar-refractivity contribution in [2.24, 2.45) is 0 Å². The molecule has 2 aliphatic heterocycles. The van der Waals surface area contributed by atoms with Gasteiger partial charge in [-0.25, -0.2) is 13.9 Å². The first-order valence-electron chi connectivity index (χ1n) is 11.9. The van der Waals surface area contributed by atoms with Gasteiger partial charge >= 0.3 is 0 Å². The number of hydrogen-bond acceptors (Lipinski definition) is 7. The number of aromatic nitrogens is 3. The Bertz CT molecular complexity index is 1330. The highest BCUT2D eigenvalue weighted by Crippen LogP contribution is 2.35. The lowest BCUT2D eigenvalue weighted by Crippen LogP contribution is -2.42. The van der Waals surface area contributed by atoms with E-state index < -0.39 is 11.8 Å². The number of rotatable bonds is 6. The van der Waals surface area contributed by atoms with E-state index in [9.17, 15) is 19.1 Å². The van der Waals surface area contributed by atoms with Crippen molar-refractivity contribution < 1.29 is 23.8 Å². The number of nitrogens with zero attached hydrogens (tertiary/aromatic N) is 5. The van der Waals surface area contributed by atoms with Crippen LogP contribution in [0.3, 0.4) is 0 Å². The molecule has 0 bridgehead atoms. The van der Waals surface area contributed by atoms with Crippen LogP contribution in [-0.2, 0) is 11.3 Å². The number of morpholine rings is 1. The molecule has 4 heterocycles. The van der Waals surface area contributed by atoms with Crippen LogP contribution in [0.5, 0.6) is 0 Å². The Labute approximate surface area is 207 Å². The number of anilines is 2. The summed E-state index contributed by atoms with van der Waals surface area (Å²) in [6, 6.07) is 5.37. The number of alkyl halides is 1. The van der Waals surface area contributed by atoms with Crippen LogP contribution in [0.25, 0.3) is 5.65 Å². The van der Waals surface area contributed by atoms with Gasteiger partial charge in [0.25, 0.3) is 11.8 Å². The van der Waals surface area contributed by atoms with Crippen LogP contribution in [0.2, 0.25) is 0 Å². The number of benzene rings is 1. The number of hydrogen-bond donors (Lipinski definition) is 2. The van der Waals surface area contributed by atoms with E-state index in [1.165, 1.54) is 29.5 Å². The van der Waals surface area contributed by atoms with E-state index in [4.69, 9.17) is 4.74 Å². The predicted molar refractivity (Wildman–Crippen MR) is 131 cm³/mol. The van der Waals surface area contributed by atoms with Gasteiger partial charge in [-0.15, -0.1) is 0 Å². The summed E-state index contributed by atoms with van der Waals surface area (Å²) in [5.41, 5.74) is 2.59. The fourth-order valence-corrected chi connectivity index (χ4v) is 4.45. The lowest BCUT2D eigenvalue weighted by molar-refractivity contribution is -0.0159. The second-order valence-electron chi connectivity index (χ2n) is 9.83. The summed E-state index contributed by atoms with van der Waals surface area (Å²) in [7, 11) is 0. The van der Waals surface area contributed by atoms with Crippen molar-refractivity contribution in [1.29, 1.82) is 0 Å². The molecule has 2 N–H and O–H groups in total. The van der Waals surface area contributed by atoms with Crippen LogP contribution < -0.4 is 10.2 Å². The van der Waals surface area contributed by atoms with Gasteiger partial charge < -0.3 is 25.0 Å².